The molecule has 1 amide bonds. The molecule has 6 heteroatoms. The van der Waals surface area contributed by atoms with Gasteiger partial charge in [0.2, 0.25) is 5.91 Å². The Labute approximate surface area is 121 Å². The molecular formula is C15H17N3O3. The summed E-state index contributed by atoms with van der Waals surface area (Å²) in [7, 11) is 0. The molecule has 0 unspecified atom stereocenters. The van der Waals surface area contributed by atoms with Crippen molar-refractivity contribution < 1.29 is 9.32 Å². The van der Waals surface area contributed by atoms with Gasteiger partial charge < -0.3 is 5.32 Å². The van der Waals surface area contributed by atoms with Crippen LogP contribution in [0.25, 0.3) is 11.4 Å². The van der Waals surface area contributed by atoms with Gasteiger partial charge >= 0.3 is 5.76 Å². The van der Waals surface area contributed by atoms with Crippen LogP contribution < -0.4 is 11.1 Å². The van der Waals surface area contributed by atoms with Gasteiger partial charge in [-0.25, -0.2) is 4.79 Å². The minimum atomic E-state index is -0.596. The van der Waals surface area contributed by atoms with Crippen molar-refractivity contribution in [3.63, 3.8) is 0 Å². The summed E-state index contributed by atoms with van der Waals surface area (Å²) in [6.45, 7) is 0. The number of amides is 1. The Morgan fingerprint density at radius 2 is 2.10 bits per heavy atom. The van der Waals surface area contributed by atoms with Gasteiger partial charge in [0.05, 0.1) is 0 Å². The van der Waals surface area contributed by atoms with E-state index in [1.807, 2.05) is 6.07 Å². The monoisotopic (exact) mass is 287 g/mol. The Morgan fingerprint density at radius 1 is 1.29 bits per heavy atom. The molecule has 1 aliphatic rings. The van der Waals surface area contributed by atoms with Crippen LogP contribution in [0.15, 0.2) is 33.6 Å². The minimum absolute atomic E-state index is 0.0699. The van der Waals surface area contributed by atoms with Crippen LogP contribution >= 0.6 is 0 Å². The van der Waals surface area contributed by atoms with Crippen molar-refractivity contribution in [3.05, 3.63) is 34.8 Å². The molecule has 21 heavy (non-hydrogen) atoms. The largest absolute Gasteiger partial charge is 0.439 e. The zero-order valence-electron chi connectivity index (χ0n) is 11.6. The number of carbonyl (C=O) groups is 1. The third kappa shape index (κ3) is 3.21. The van der Waals surface area contributed by atoms with Gasteiger partial charge in [-0.2, -0.15) is 0 Å². The van der Waals surface area contributed by atoms with Crippen molar-refractivity contribution in [3.8, 4) is 11.4 Å². The van der Waals surface area contributed by atoms with Crippen LogP contribution in [0.4, 0.5) is 5.69 Å². The number of anilines is 1. The highest BCUT2D eigenvalue weighted by Crippen LogP contribution is 2.25. The summed E-state index contributed by atoms with van der Waals surface area (Å²) in [5, 5.41) is 6.58. The molecule has 1 aromatic carbocycles. The minimum Gasteiger partial charge on any atom is -0.326 e. The quantitative estimate of drug-likeness (QED) is 0.908. The van der Waals surface area contributed by atoms with Crippen LogP contribution in [-0.2, 0) is 4.79 Å². The van der Waals surface area contributed by atoms with E-state index in [2.05, 4.69) is 20.0 Å². The lowest BCUT2D eigenvalue weighted by Crippen LogP contribution is -2.24. The van der Waals surface area contributed by atoms with Crippen LogP contribution in [0, 0.1) is 5.92 Å². The molecule has 110 valence electrons. The molecule has 1 aliphatic carbocycles. The fourth-order valence-corrected chi connectivity index (χ4v) is 2.71. The van der Waals surface area contributed by atoms with E-state index in [-0.39, 0.29) is 11.8 Å². The summed E-state index contributed by atoms with van der Waals surface area (Å²) in [5.41, 5.74) is 1.40. The van der Waals surface area contributed by atoms with Gasteiger partial charge in [0.25, 0.3) is 0 Å². The summed E-state index contributed by atoms with van der Waals surface area (Å²) in [6, 6.07) is 7.19. The maximum atomic E-state index is 12.2. The average Bonchev–Trinajstić information content (AvgIpc) is 2.95. The summed E-state index contributed by atoms with van der Waals surface area (Å²) < 4.78 is 4.49. The van der Waals surface area contributed by atoms with Crippen molar-refractivity contribution in [1.82, 2.24) is 10.1 Å². The molecule has 0 spiro atoms. The molecule has 1 saturated carbocycles. The van der Waals surface area contributed by atoms with E-state index in [4.69, 9.17) is 0 Å². The first kappa shape index (κ1) is 13.6. The zero-order valence-corrected chi connectivity index (χ0v) is 11.6. The molecule has 0 saturated heterocycles. The number of hydrogen-bond acceptors (Lipinski definition) is 4. The lowest BCUT2D eigenvalue weighted by molar-refractivity contribution is -0.120. The topological polar surface area (TPSA) is 88.0 Å². The SMILES string of the molecule is O=C(Nc1cccc(-c2noc(=O)[nH]2)c1)C1CCCCC1. The van der Waals surface area contributed by atoms with Crippen LogP contribution in [0.1, 0.15) is 32.1 Å². The molecule has 0 radical (unpaired) electrons. The van der Waals surface area contributed by atoms with E-state index < -0.39 is 5.76 Å². The van der Waals surface area contributed by atoms with Gasteiger partial charge in [0.15, 0.2) is 5.82 Å². The molecule has 1 fully saturated rings. The zero-order chi connectivity index (χ0) is 14.7. The van der Waals surface area contributed by atoms with Crippen LogP contribution in [0.2, 0.25) is 0 Å². The van der Waals surface area contributed by atoms with E-state index in [0.29, 0.717) is 17.1 Å². The number of aromatic amines is 1. The van der Waals surface area contributed by atoms with Crippen LogP contribution in [-0.4, -0.2) is 16.0 Å². The highest BCUT2D eigenvalue weighted by molar-refractivity contribution is 5.93. The molecule has 0 atom stereocenters. The second-order valence-electron chi connectivity index (χ2n) is 5.35. The number of aromatic nitrogens is 2. The van der Waals surface area contributed by atoms with E-state index >= 15 is 0 Å². The molecular weight excluding hydrogens is 270 g/mol. The standard InChI is InChI=1S/C15H17N3O3/c19-14(10-5-2-1-3-6-10)16-12-8-4-7-11(9-12)13-17-15(20)21-18-13/h4,7-10H,1-3,5-6H2,(H,16,19)(H,17,18,20). The average molecular weight is 287 g/mol. The number of nitrogens with one attached hydrogen (secondary N) is 2. The first-order valence-electron chi connectivity index (χ1n) is 7.20. The third-order valence-electron chi connectivity index (χ3n) is 3.82. The second kappa shape index (κ2) is 5.95. The first-order valence-corrected chi connectivity index (χ1v) is 7.20. The van der Waals surface area contributed by atoms with Gasteiger partial charge in [-0.3, -0.25) is 14.3 Å². The maximum absolute atomic E-state index is 12.2. The van der Waals surface area contributed by atoms with Gasteiger partial charge in [0, 0.05) is 17.2 Å². The van der Waals surface area contributed by atoms with Gasteiger partial charge in [-0.15, -0.1) is 0 Å². The number of H-pyrrole nitrogens is 1. The van der Waals surface area contributed by atoms with Crippen molar-refractivity contribution in [2.24, 2.45) is 5.92 Å². The van der Waals surface area contributed by atoms with Gasteiger partial charge in [-0.1, -0.05) is 36.6 Å². The normalized spacial score (nSPS) is 15.8. The van der Waals surface area contributed by atoms with E-state index in [9.17, 15) is 9.59 Å². The summed E-state index contributed by atoms with van der Waals surface area (Å²) in [5.74, 6) is -0.0647. The Hall–Kier alpha value is -2.37. The Morgan fingerprint density at radius 3 is 2.81 bits per heavy atom. The molecule has 1 aromatic heterocycles. The van der Waals surface area contributed by atoms with Crippen LogP contribution in [0.3, 0.4) is 0 Å². The van der Waals surface area contributed by atoms with Crippen molar-refractivity contribution in [2.75, 3.05) is 5.32 Å². The molecule has 0 bridgehead atoms. The fraction of sp³-hybridized carbons (Fsp3) is 0.400. The molecule has 1 heterocycles. The molecule has 6 nitrogen and oxygen atoms in total. The van der Waals surface area contributed by atoms with Gasteiger partial charge in [-0.05, 0) is 25.0 Å². The predicted octanol–water partition coefficient (Wildman–Crippen LogP) is 2.55. The Balaban J connectivity index is 1.74. The Kier molecular flexibility index (Phi) is 3.85. The number of benzene rings is 1. The van der Waals surface area contributed by atoms with E-state index in [0.717, 1.165) is 25.7 Å². The van der Waals surface area contributed by atoms with E-state index in [1.54, 1.807) is 18.2 Å². The number of nitrogens with zero attached hydrogens (tertiary/aromatic N) is 1. The molecule has 3 rings (SSSR count). The predicted molar refractivity (Wildman–Crippen MR) is 77.8 cm³/mol. The summed E-state index contributed by atoms with van der Waals surface area (Å²) >= 11 is 0. The van der Waals surface area contributed by atoms with Crippen molar-refractivity contribution in [1.29, 1.82) is 0 Å². The lowest BCUT2D eigenvalue weighted by atomic mass is 9.88. The van der Waals surface area contributed by atoms with Crippen molar-refractivity contribution in [2.45, 2.75) is 32.1 Å². The van der Waals surface area contributed by atoms with Crippen molar-refractivity contribution >= 4 is 11.6 Å². The molecule has 2 N–H and O–H groups in total. The van der Waals surface area contributed by atoms with Crippen LogP contribution in [0.5, 0.6) is 0 Å². The highest BCUT2D eigenvalue weighted by atomic mass is 16.5. The molecule has 0 aliphatic heterocycles. The maximum Gasteiger partial charge on any atom is 0.439 e. The summed E-state index contributed by atoms with van der Waals surface area (Å²) in [6.07, 6.45) is 5.39. The van der Waals surface area contributed by atoms with E-state index in [1.165, 1.54) is 6.42 Å². The lowest BCUT2D eigenvalue weighted by Gasteiger charge is -2.20. The summed E-state index contributed by atoms with van der Waals surface area (Å²) in [4.78, 5) is 25.7. The third-order valence-corrected chi connectivity index (χ3v) is 3.82. The number of rotatable bonds is 3. The number of carbonyl (C=O) groups excluding carboxylic acids is 1. The second-order valence-corrected chi connectivity index (χ2v) is 5.35. The smallest absolute Gasteiger partial charge is 0.326 e. The van der Waals surface area contributed by atoms with Gasteiger partial charge in [0.1, 0.15) is 0 Å². The number of hydrogen-bond donors (Lipinski definition) is 2. The first-order chi connectivity index (χ1) is 10.2. The Bertz CT molecular complexity index is 683. The molecule has 2 aromatic rings. The fourth-order valence-electron chi connectivity index (χ4n) is 2.71. The highest BCUT2D eigenvalue weighted by Gasteiger charge is 2.21.